The predicted octanol–water partition coefficient (Wildman–Crippen LogP) is 1.92. The summed E-state index contributed by atoms with van der Waals surface area (Å²) in [5.41, 5.74) is 0.988. The Balaban J connectivity index is 1.78. The van der Waals surface area contributed by atoms with Gasteiger partial charge in [0.1, 0.15) is 12.4 Å². The highest BCUT2D eigenvalue weighted by atomic mass is 32.2. The molecule has 2 rings (SSSR count). The summed E-state index contributed by atoms with van der Waals surface area (Å²) in [6.07, 6.45) is 1.41. The summed E-state index contributed by atoms with van der Waals surface area (Å²) in [5, 5.41) is 3.40. The molecule has 0 heterocycles. The van der Waals surface area contributed by atoms with Crippen LogP contribution < -0.4 is 5.32 Å². The van der Waals surface area contributed by atoms with Crippen molar-refractivity contribution in [3.8, 4) is 0 Å². The summed E-state index contributed by atoms with van der Waals surface area (Å²) < 4.78 is 43.4. The van der Waals surface area contributed by atoms with Crippen LogP contribution in [-0.4, -0.2) is 44.8 Å². The molecule has 0 aromatic heterocycles. The van der Waals surface area contributed by atoms with Crippen LogP contribution in [-0.2, 0) is 30.9 Å². The molecule has 0 atom stereocenters. The molecule has 9 heteroatoms. The van der Waals surface area contributed by atoms with Crippen LogP contribution in [0.3, 0.4) is 0 Å². The van der Waals surface area contributed by atoms with Crippen LogP contribution in [0.15, 0.2) is 60.0 Å². The molecule has 1 amide bonds. The van der Waals surface area contributed by atoms with E-state index in [9.17, 15) is 22.4 Å². The second kappa shape index (κ2) is 10.5. The molecular weight excluding hydrogens is 399 g/mol. The summed E-state index contributed by atoms with van der Waals surface area (Å²) in [6, 6.07) is 14.8. The number of rotatable bonds is 9. The Bertz CT molecular complexity index is 977. The van der Waals surface area contributed by atoms with E-state index >= 15 is 0 Å². The maximum atomic E-state index is 13.5. The molecule has 0 saturated carbocycles. The normalized spacial score (nSPS) is 11.6. The summed E-state index contributed by atoms with van der Waals surface area (Å²) in [6.45, 7) is -1.20. The largest absolute Gasteiger partial charge is 0.455 e. The smallest absolute Gasteiger partial charge is 0.321 e. The Morgan fingerprint density at radius 2 is 1.76 bits per heavy atom. The monoisotopic (exact) mass is 420 g/mol. The fourth-order valence-electron chi connectivity index (χ4n) is 2.18. The van der Waals surface area contributed by atoms with Gasteiger partial charge in [-0.1, -0.05) is 48.5 Å². The van der Waals surface area contributed by atoms with Crippen molar-refractivity contribution < 1.29 is 27.1 Å². The van der Waals surface area contributed by atoms with Gasteiger partial charge in [0.05, 0.1) is 0 Å². The Labute approximate surface area is 168 Å². The van der Waals surface area contributed by atoms with Gasteiger partial charge in [-0.3, -0.25) is 9.59 Å². The summed E-state index contributed by atoms with van der Waals surface area (Å²) in [4.78, 5) is 23.5. The van der Waals surface area contributed by atoms with E-state index in [-0.39, 0.29) is 6.54 Å². The van der Waals surface area contributed by atoms with Crippen molar-refractivity contribution in [2.75, 3.05) is 20.2 Å². The van der Waals surface area contributed by atoms with Gasteiger partial charge in [-0.25, -0.2) is 12.8 Å². The van der Waals surface area contributed by atoms with Crippen molar-refractivity contribution >= 4 is 28.0 Å². The Kier molecular flexibility index (Phi) is 8.05. The van der Waals surface area contributed by atoms with E-state index in [0.717, 1.165) is 9.71 Å². The van der Waals surface area contributed by atoms with Gasteiger partial charge in [-0.05, 0) is 17.7 Å². The average Bonchev–Trinajstić information content (AvgIpc) is 2.71. The SMILES string of the molecule is CN(CC(=O)OCC(=O)NCc1ccccc1F)S(=O)(=O)/C=C/c1ccccc1. The van der Waals surface area contributed by atoms with E-state index in [4.69, 9.17) is 4.74 Å². The van der Waals surface area contributed by atoms with Crippen LogP contribution in [0, 0.1) is 5.82 Å². The maximum absolute atomic E-state index is 13.5. The van der Waals surface area contributed by atoms with Crippen molar-refractivity contribution in [1.82, 2.24) is 9.62 Å². The van der Waals surface area contributed by atoms with Gasteiger partial charge < -0.3 is 10.1 Å². The average molecular weight is 420 g/mol. The van der Waals surface area contributed by atoms with Crippen LogP contribution in [0.5, 0.6) is 0 Å². The lowest BCUT2D eigenvalue weighted by Gasteiger charge is -2.14. The first kappa shape index (κ1) is 22.3. The van der Waals surface area contributed by atoms with E-state index in [1.165, 1.54) is 31.3 Å². The highest BCUT2D eigenvalue weighted by molar-refractivity contribution is 7.92. The fourth-order valence-corrected chi connectivity index (χ4v) is 3.00. The van der Waals surface area contributed by atoms with Crippen LogP contribution in [0.1, 0.15) is 11.1 Å². The van der Waals surface area contributed by atoms with Crippen LogP contribution in [0.25, 0.3) is 6.08 Å². The van der Waals surface area contributed by atoms with Crippen LogP contribution >= 0.6 is 0 Å². The van der Waals surface area contributed by atoms with Crippen molar-refractivity contribution in [2.45, 2.75) is 6.54 Å². The zero-order chi connectivity index (χ0) is 21.3. The summed E-state index contributed by atoms with van der Waals surface area (Å²) >= 11 is 0. The molecule has 7 nitrogen and oxygen atoms in total. The number of halogens is 1. The van der Waals surface area contributed by atoms with Gasteiger partial charge in [0.25, 0.3) is 5.91 Å². The molecule has 0 bridgehead atoms. The van der Waals surface area contributed by atoms with E-state index in [1.54, 1.807) is 36.4 Å². The van der Waals surface area contributed by atoms with Gasteiger partial charge in [0.15, 0.2) is 6.61 Å². The van der Waals surface area contributed by atoms with Crippen LogP contribution in [0.2, 0.25) is 0 Å². The highest BCUT2D eigenvalue weighted by Gasteiger charge is 2.19. The Morgan fingerprint density at radius 3 is 2.45 bits per heavy atom. The van der Waals surface area contributed by atoms with E-state index in [2.05, 4.69) is 5.32 Å². The minimum absolute atomic E-state index is 0.0539. The van der Waals surface area contributed by atoms with E-state index < -0.39 is 40.9 Å². The first-order valence-corrected chi connectivity index (χ1v) is 10.1. The topological polar surface area (TPSA) is 92.8 Å². The van der Waals surface area contributed by atoms with Crippen molar-refractivity contribution in [2.24, 2.45) is 0 Å². The minimum atomic E-state index is -3.83. The summed E-state index contributed by atoms with van der Waals surface area (Å²) in [7, 11) is -2.61. The second-order valence-corrected chi connectivity index (χ2v) is 7.97. The molecule has 0 spiro atoms. The number of hydrogen-bond donors (Lipinski definition) is 1. The number of esters is 1. The highest BCUT2D eigenvalue weighted by Crippen LogP contribution is 2.07. The zero-order valence-electron chi connectivity index (χ0n) is 15.7. The first-order chi connectivity index (χ1) is 13.8. The lowest BCUT2D eigenvalue weighted by atomic mass is 10.2. The van der Waals surface area contributed by atoms with Gasteiger partial charge in [-0.2, -0.15) is 4.31 Å². The van der Waals surface area contributed by atoms with Gasteiger partial charge >= 0.3 is 5.97 Å². The lowest BCUT2D eigenvalue weighted by Crippen LogP contribution is -2.34. The molecule has 0 radical (unpaired) electrons. The number of ether oxygens (including phenoxy) is 1. The molecule has 154 valence electrons. The third-order valence-electron chi connectivity index (χ3n) is 3.82. The number of carbonyl (C=O) groups is 2. The molecule has 0 saturated heterocycles. The second-order valence-electron chi connectivity index (χ2n) is 6.04. The van der Waals surface area contributed by atoms with Gasteiger partial charge in [-0.15, -0.1) is 0 Å². The molecule has 1 N–H and O–H groups in total. The standard InChI is InChI=1S/C20H21FN2O5S/c1-23(29(26,27)12-11-16-7-3-2-4-8-16)14-20(25)28-15-19(24)22-13-17-9-5-6-10-18(17)21/h2-12H,13-15H2,1H3,(H,22,24)/b12-11+. The predicted molar refractivity (Wildman–Crippen MR) is 106 cm³/mol. The summed E-state index contributed by atoms with van der Waals surface area (Å²) in [5.74, 6) is -1.97. The number of likely N-dealkylation sites (N-methyl/N-ethyl adjacent to an activating group) is 1. The van der Waals surface area contributed by atoms with Crippen molar-refractivity contribution in [3.05, 3.63) is 76.9 Å². The minimum Gasteiger partial charge on any atom is -0.455 e. The first-order valence-electron chi connectivity index (χ1n) is 8.63. The number of benzene rings is 2. The molecule has 29 heavy (non-hydrogen) atoms. The molecule has 0 aliphatic carbocycles. The number of carbonyl (C=O) groups excluding carboxylic acids is 2. The number of nitrogens with one attached hydrogen (secondary N) is 1. The molecule has 2 aromatic rings. The molecule has 2 aromatic carbocycles. The Hall–Kier alpha value is -3.04. The Morgan fingerprint density at radius 1 is 1.10 bits per heavy atom. The van der Waals surface area contributed by atoms with E-state index in [1.807, 2.05) is 0 Å². The number of sulfonamides is 1. The fraction of sp³-hybridized carbons (Fsp3) is 0.200. The van der Waals surface area contributed by atoms with Crippen molar-refractivity contribution in [3.63, 3.8) is 0 Å². The van der Waals surface area contributed by atoms with Gasteiger partial charge in [0, 0.05) is 24.6 Å². The number of nitrogens with zero attached hydrogens (tertiary/aromatic N) is 1. The number of amides is 1. The maximum Gasteiger partial charge on any atom is 0.321 e. The third-order valence-corrected chi connectivity index (χ3v) is 5.29. The molecule has 0 aliphatic rings. The number of hydrogen-bond acceptors (Lipinski definition) is 5. The van der Waals surface area contributed by atoms with E-state index in [0.29, 0.717) is 11.1 Å². The van der Waals surface area contributed by atoms with Crippen molar-refractivity contribution in [1.29, 1.82) is 0 Å². The molecule has 0 unspecified atom stereocenters. The zero-order valence-corrected chi connectivity index (χ0v) is 16.6. The molecular formula is C20H21FN2O5S. The lowest BCUT2D eigenvalue weighted by molar-refractivity contribution is -0.148. The molecule has 0 fully saturated rings. The third kappa shape index (κ3) is 7.47. The molecule has 0 aliphatic heterocycles. The quantitative estimate of drug-likeness (QED) is 0.626. The van der Waals surface area contributed by atoms with Crippen LogP contribution in [0.4, 0.5) is 4.39 Å². The van der Waals surface area contributed by atoms with Gasteiger partial charge in [0.2, 0.25) is 10.0 Å².